The molecular weight excluding hydrogens is 228 g/mol. The normalized spacial score (nSPS) is 16.1. The molecule has 0 aromatic carbocycles. The molecule has 0 saturated carbocycles. The highest BCUT2D eigenvalue weighted by Crippen LogP contribution is 2.23. The number of H-pyrrole nitrogens is 1. The van der Waals surface area contributed by atoms with E-state index in [2.05, 4.69) is 10.3 Å². The maximum absolute atomic E-state index is 12.2. The van der Waals surface area contributed by atoms with Crippen molar-refractivity contribution in [3.8, 4) is 0 Å². The second-order valence-corrected chi connectivity index (χ2v) is 5.89. The van der Waals surface area contributed by atoms with E-state index in [9.17, 15) is 9.59 Å². The van der Waals surface area contributed by atoms with Gasteiger partial charge in [0.2, 0.25) is 0 Å². The molecule has 18 heavy (non-hydrogen) atoms. The standard InChI is InChI=1S/C14H20N2O2/c1-14(2,3)16-13(18)9-8-15-10-6-4-5-7-11(17)12(9)10/h8,15H,4-7H2,1-3H3,(H,16,18). The van der Waals surface area contributed by atoms with Gasteiger partial charge in [-0.15, -0.1) is 0 Å². The van der Waals surface area contributed by atoms with Crippen LogP contribution >= 0.6 is 0 Å². The molecule has 0 bridgehead atoms. The van der Waals surface area contributed by atoms with Gasteiger partial charge in [-0.2, -0.15) is 0 Å². The molecule has 1 aliphatic rings. The molecule has 0 spiro atoms. The van der Waals surface area contributed by atoms with E-state index in [0.29, 0.717) is 17.5 Å². The number of Topliss-reactive ketones (excluding diaryl/α,β-unsaturated/α-hetero) is 1. The Morgan fingerprint density at radius 2 is 1.94 bits per heavy atom. The van der Waals surface area contributed by atoms with Crippen LogP contribution in [0.15, 0.2) is 6.20 Å². The number of aromatic amines is 1. The van der Waals surface area contributed by atoms with Crippen LogP contribution in [0, 0.1) is 0 Å². The average Bonchev–Trinajstić information content (AvgIpc) is 2.57. The molecule has 4 heteroatoms. The van der Waals surface area contributed by atoms with Crippen LogP contribution < -0.4 is 5.32 Å². The van der Waals surface area contributed by atoms with E-state index in [1.807, 2.05) is 20.8 Å². The lowest BCUT2D eigenvalue weighted by atomic mass is 10.0. The van der Waals surface area contributed by atoms with Crippen LogP contribution in [0.3, 0.4) is 0 Å². The van der Waals surface area contributed by atoms with E-state index in [1.165, 1.54) is 0 Å². The molecule has 0 aliphatic heterocycles. The van der Waals surface area contributed by atoms with E-state index in [-0.39, 0.29) is 17.2 Å². The topological polar surface area (TPSA) is 62.0 Å². The van der Waals surface area contributed by atoms with E-state index in [4.69, 9.17) is 0 Å². The van der Waals surface area contributed by atoms with E-state index < -0.39 is 0 Å². The molecule has 0 radical (unpaired) electrons. The Kier molecular flexibility index (Phi) is 3.28. The number of amides is 1. The summed E-state index contributed by atoms with van der Waals surface area (Å²) in [6.07, 6.45) is 4.96. The quantitative estimate of drug-likeness (QED) is 0.750. The Hall–Kier alpha value is -1.58. The van der Waals surface area contributed by atoms with Gasteiger partial charge in [-0.1, -0.05) is 0 Å². The van der Waals surface area contributed by atoms with Crippen molar-refractivity contribution in [1.29, 1.82) is 0 Å². The monoisotopic (exact) mass is 248 g/mol. The molecule has 98 valence electrons. The second-order valence-electron chi connectivity index (χ2n) is 5.89. The summed E-state index contributed by atoms with van der Waals surface area (Å²) in [5.41, 5.74) is 1.72. The van der Waals surface area contributed by atoms with Crippen molar-refractivity contribution >= 4 is 11.7 Å². The van der Waals surface area contributed by atoms with Gasteiger partial charge >= 0.3 is 0 Å². The fraction of sp³-hybridized carbons (Fsp3) is 0.571. The van der Waals surface area contributed by atoms with Crippen molar-refractivity contribution < 1.29 is 9.59 Å². The predicted octanol–water partition coefficient (Wildman–Crippen LogP) is 2.45. The van der Waals surface area contributed by atoms with Crippen LogP contribution in [0.25, 0.3) is 0 Å². The number of hydrogen-bond donors (Lipinski definition) is 2. The minimum absolute atomic E-state index is 0.0859. The Morgan fingerprint density at radius 3 is 2.61 bits per heavy atom. The molecule has 1 aromatic rings. The lowest BCUT2D eigenvalue weighted by Gasteiger charge is -2.20. The number of carbonyl (C=O) groups is 2. The Bertz CT molecular complexity index is 480. The Morgan fingerprint density at radius 1 is 1.28 bits per heavy atom. The number of fused-ring (bicyclic) bond motifs is 1. The molecule has 1 amide bonds. The minimum Gasteiger partial charge on any atom is -0.364 e. The van der Waals surface area contributed by atoms with E-state index in [1.54, 1.807) is 6.20 Å². The summed E-state index contributed by atoms with van der Waals surface area (Å²) in [5.74, 6) is -0.0851. The first-order valence-corrected chi connectivity index (χ1v) is 6.44. The molecular formula is C14H20N2O2. The zero-order valence-electron chi connectivity index (χ0n) is 11.2. The van der Waals surface area contributed by atoms with Crippen LogP contribution in [0.1, 0.15) is 66.4 Å². The number of hydrogen-bond acceptors (Lipinski definition) is 2. The summed E-state index contributed by atoms with van der Waals surface area (Å²) in [4.78, 5) is 27.3. The molecule has 1 aliphatic carbocycles. The second kappa shape index (κ2) is 4.59. The van der Waals surface area contributed by atoms with E-state index in [0.717, 1.165) is 25.0 Å². The summed E-state index contributed by atoms with van der Waals surface area (Å²) in [6.45, 7) is 5.79. The summed E-state index contributed by atoms with van der Waals surface area (Å²) in [5, 5.41) is 2.90. The molecule has 0 fully saturated rings. The number of nitrogens with one attached hydrogen (secondary N) is 2. The predicted molar refractivity (Wildman–Crippen MR) is 69.9 cm³/mol. The molecule has 2 N–H and O–H groups in total. The fourth-order valence-corrected chi connectivity index (χ4v) is 2.28. The summed E-state index contributed by atoms with van der Waals surface area (Å²) < 4.78 is 0. The molecule has 0 saturated heterocycles. The largest absolute Gasteiger partial charge is 0.364 e. The van der Waals surface area contributed by atoms with E-state index >= 15 is 0 Å². The number of carbonyl (C=O) groups excluding carboxylic acids is 2. The lowest BCUT2D eigenvalue weighted by Crippen LogP contribution is -2.40. The average molecular weight is 248 g/mol. The molecule has 1 heterocycles. The molecule has 4 nitrogen and oxygen atoms in total. The third kappa shape index (κ3) is 2.63. The minimum atomic E-state index is -0.297. The Balaban J connectivity index is 2.33. The van der Waals surface area contributed by atoms with Crippen molar-refractivity contribution in [2.75, 3.05) is 0 Å². The summed E-state index contributed by atoms with van der Waals surface area (Å²) in [6, 6.07) is 0. The zero-order valence-corrected chi connectivity index (χ0v) is 11.2. The number of aryl methyl sites for hydroxylation is 1. The van der Waals surface area contributed by atoms with Crippen LogP contribution in [0.5, 0.6) is 0 Å². The third-order valence-corrected chi connectivity index (χ3v) is 3.05. The van der Waals surface area contributed by atoms with Crippen LogP contribution in [-0.2, 0) is 6.42 Å². The highest BCUT2D eigenvalue weighted by molar-refractivity contribution is 6.09. The first-order valence-electron chi connectivity index (χ1n) is 6.44. The molecule has 2 rings (SSSR count). The van der Waals surface area contributed by atoms with Crippen LogP contribution in [0.4, 0.5) is 0 Å². The van der Waals surface area contributed by atoms with Crippen molar-refractivity contribution in [2.45, 2.75) is 52.0 Å². The van der Waals surface area contributed by atoms with Crippen LogP contribution in [-0.4, -0.2) is 22.2 Å². The number of ketones is 1. The maximum atomic E-state index is 12.2. The Labute approximate surface area is 107 Å². The van der Waals surface area contributed by atoms with Gasteiger partial charge in [0.25, 0.3) is 5.91 Å². The lowest BCUT2D eigenvalue weighted by molar-refractivity contribution is 0.0905. The first kappa shape index (κ1) is 12.9. The molecule has 0 unspecified atom stereocenters. The SMILES string of the molecule is CC(C)(C)NC(=O)c1c[nH]c2c1C(=O)CCCC2. The number of rotatable bonds is 1. The van der Waals surface area contributed by atoms with Gasteiger partial charge in [0.05, 0.1) is 11.1 Å². The highest BCUT2D eigenvalue weighted by Gasteiger charge is 2.26. The third-order valence-electron chi connectivity index (χ3n) is 3.05. The summed E-state index contributed by atoms with van der Waals surface area (Å²) >= 11 is 0. The van der Waals surface area contributed by atoms with Gasteiger partial charge in [0.15, 0.2) is 5.78 Å². The molecule has 1 aromatic heterocycles. The summed E-state index contributed by atoms with van der Waals surface area (Å²) in [7, 11) is 0. The van der Waals surface area contributed by atoms with Gasteiger partial charge in [0.1, 0.15) is 0 Å². The van der Waals surface area contributed by atoms with Gasteiger partial charge in [0, 0.05) is 23.9 Å². The first-order chi connectivity index (χ1) is 8.38. The zero-order chi connectivity index (χ0) is 13.3. The van der Waals surface area contributed by atoms with Gasteiger partial charge in [-0.05, 0) is 40.0 Å². The van der Waals surface area contributed by atoms with Crippen molar-refractivity contribution in [2.24, 2.45) is 0 Å². The molecule has 0 atom stereocenters. The highest BCUT2D eigenvalue weighted by atomic mass is 16.2. The van der Waals surface area contributed by atoms with Gasteiger partial charge in [-0.3, -0.25) is 9.59 Å². The maximum Gasteiger partial charge on any atom is 0.253 e. The van der Waals surface area contributed by atoms with Gasteiger partial charge in [-0.25, -0.2) is 0 Å². The van der Waals surface area contributed by atoms with Crippen molar-refractivity contribution in [1.82, 2.24) is 10.3 Å². The van der Waals surface area contributed by atoms with Crippen LogP contribution in [0.2, 0.25) is 0 Å². The smallest absolute Gasteiger partial charge is 0.253 e. The number of aromatic nitrogens is 1. The fourth-order valence-electron chi connectivity index (χ4n) is 2.28. The van der Waals surface area contributed by atoms with Crippen molar-refractivity contribution in [3.63, 3.8) is 0 Å². The van der Waals surface area contributed by atoms with Crippen molar-refractivity contribution in [3.05, 3.63) is 23.0 Å². The van der Waals surface area contributed by atoms with Gasteiger partial charge < -0.3 is 10.3 Å².